The molecule has 1 aromatic carbocycles. The van der Waals surface area contributed by atoms with Gasteiger partial charge >= 0.3 is 11.9 Å². The Hall–Kier alpha value is -1.84. The molecule has 0 fully saturated rings. The standard InChI is InChI=1S/C13H16O4/c1-8(2)9-4-3-5-10(6-9)11(13(16)17)7-12(14)15/h3-6,8,11H,7H2,1-2H3,(H,14,15)(H,16,17). The summed E-state index contributed by atoms with van der Waals surface area (Å²) in [6, 6.07) is 7.11. The van der Waals surface area contributed by atoms with Crippen LogP contribution in [0.5, 0.6) is 0 Å². The lowest BCUT2D eigenvalue weighted by Crippen LogP contribution is -2.16. The molecule has 17 heavy (non-hydrogen) atoms. The van der Waals surface area contributed by atoms with Gasteiger partial charge in [0.1, 0.15) is 0 Å². The number of carbonyl (C=O) groups is 2. The highest BCUT2D eigenvalue weighted by Crippen LogP contribution is 2.24. The average Bonchev–Trinajstić information content (AvgIpc) is 2.25. The van der Waals surface area contributed by atoms with E-state index in [-0.39, 0.29) is 5.92 Å². The van der Waals surface area contributed by atoms with Gasteiger partial charge in [-0.15, -0.1) is 0 Å². The molecule has 0 bridgehead atoms. The van der Waals surface area contributed by atoms with E-state index in [9.17, 15) is 9.59 Å². The second-order valence-corrected chi connectivity index (χ2v) is 4.31. The van der Waals surface area contributed by atoms with Crippen LogP contribution in [0.4, 0.5) is 0 Å². The molecule has 1 atom stereocenters. The summed E-state index contributed by atoms with van der Waals surface area (Å²) in [7, 11) is 0. The third-order valence-electron chi connectivity index (χ3n) is 2.66. The second-order valence-electron chi connectivity index (χ2n) is 4.31. The van der Waals surface area contributed by atoms with E-state index in [2.05, 4.69) is 0 Å². The summed E-state index contributed by atoms with van der Waals surface area (Å²) >= 11 is 0. The number of hydrogen-bond acceptors (Lipinski definition) is 2. The van der Waals surface area contributed by atoms with Gasteiger partial charge in [0.05, 0.1) is 12.3 Å². The van der Waals surface area contributed by atoms with Crippen LogP contribution in [0.15, 0.2) is 24.3 Å². The molecule has 0 aromatic heterocycles. The Bertz CT molecular complexity index is 423. The van der Waals surface area contributed by atoms with Crippen molar-refractivity contribution in [1.29, 1.82) is 0 Å². The Kier molecular flexibility index (Phi) is 4.26. The van der Waals surface area contributed by atoms with Crippen LogP contribution in [-0.4, -0.2) is 22.2 Å². The number of benzene rings is 1. The minimum Gasteiger partial charge on any atom is -0.481 e. The Morgan fingerprint density at radius 2 is 1.76 bits per heavy atom. The second kappa shape index (κ2) is 5.48. The van der Waals surface area contributed by atoms with Crippen molar-refractivity contribution in [2.45, 2.75) is 32.1 Å². The first kappa shape index (κ1) is 13.2. The smallest absolute Gasteiger partial charge is 0.311 e. The zero-order valence-corrected chi connectivity index (χ0v) is 9.88. The molecule has 92 valence electrons. The van der Waals surface area contributed by atoms with Gasteiger partial charge < -0.3 is 10.2 Å². The van der Waals surface area contributed by atoms with Crippen LogP contribution in [0.3, 0.4) is 0 Å². The summed E-state index contributed by atoms with van der Waals surface area (Å²) in [6.45, 7) is 4.01. The molecule has 0 amide bonds. The fourth-order valence-electron chi connectivity index (χ4n) is 1.66. The predicted octanol–water partition coefficient (Wildman–Crippen LogP) is 2.45. The summed E-state index contributed by atoms with van der Waals surface area (Å²) < 4.78 is 0. The summed E-state index contributed by atoms with van der Waals surface area (Å²) in [4.78, 5) is 21.7. The van der Waals surface area contributed by atoms with Gasteiger partial charge in [-0.2, -0.15) is 0 Å². The molecular weight excluding hydrogens is 220 g/mol. The van der Waals surface area contributed by atoms with Gasteiger partial charge in [-0.1, -0.05) is 38.1 Å². The van der Waals surface area contributed by atoms with Gasteiger partial charge in [-0.25, -0.2) is 0 Å². The van der Waals surface area contributed by atoms with Gasteiger partial charge in [-0.05, 0) is 17.0 Å². The number of aliphatic carboxylic acids is 2. The number of rotatable bonds is 5. The van der Waals surface area contributed by atoms with Crippen molar-refractivity contribution < 1.29 is 19.8 Å². The molecule has 0 radical (unpaired) electrons. The maximum atomic E-state index is 11.1. The maximum absolute atomic E-state index is 11.1. The molecule has 0 saturated heterocycles. The van der Waals surface area contributed by atoms with Crippen molar-refractivity contribution in [2.24, 2.45) is 0 Å². The van der Waals surface area contributed by atoms with Crippen LogP contribution >= 0.6 is 0 Å². The van der Waals surface area contributed by atoms with Crippen molar-refractivity contribution in [1.82, 2.24) is 0 Å². The minimum atomic E-state index is -1.10. The lowest BCUT2D eigenvalue weighted by atomic mass is 9.92. The highest BCUT2D eigenvalue weighted by Gasteiger charge is 2.23. The number of carboxylic acids is 2. The molecule has 4 nitrogen and oxygen atoms in total. The Morgan fingerprint density at radius 1 is 1.18 bits per heavy atom. The van der Waals surface area contributed by atoms with Crippen LogP contribution in [0.25, 0.3) is 0 Å². The summed E-state index contributed by atoms with van der Waals surface area (Å²) in [5.74, 6) is -2.90. The number of carboxylic acid groups (broad SMARTS) is 2. The van der Waals surface area contributed by atoms with Crippen LogP contribution < -0.4 is 0 Å². The highest BCUT2D eigenvalue weighted by atomic mass is 16.4. The summed E-state index contributed by atoms with van der Waals surface area (Å²) in [6.07, 6.45) is -0.392. The molecule has 1 rings (SSSR count). The van der Waals surface area contributed by atoms with E-state index in [0.717, 1.165) is 5.56 Å². The van der Waals surface area contributed by atoms with E-state index in [0.29, 0.717) is 5.56 Å². The van der Waals surface area contributed by atoms with Crippen LogP contribution in [0, 0.1) is 0 Å². The molecular formula is C13H16O4. The molecule has 0 aliphatic heterocycles. The summed E-state index contributed by atoms with van der Waals surface area (Å²) in [5.41, 5.74) is 1.56. The summed E-state index contributed by atoms with van der Waals surface area (Å²) in [5, 5.41) is 17.8. The normalized spacial score (nSPS) is 12.4. The van der Waals surface area contributed by atoms with Gasteiger partial charge in [0.15, 0.2) is 0 Å². The first-order chi connectivity index (χ1) is 7.91. The third kappa shape index (κ3) is 3.59. The van der Waals surface area contributed by atoms with E-state index in [4.69, 9.17) is 10.2 Å². The van der Waals surface area contributed by atoms with Gasteiger partial charge in [-0.3, -0.25) is 9.59 Å². The van der Waals surface area contributed by atoms with Gasteiger partial charge in [0.2, 0.25) is 0 Å². The first-order valence-corrected chi connectivity index (χ1v) is 5.46. The molecule has 0 heterocycles. The Labute approximate surface area is 99.9 Å². The first-order valence-electron chi connectivity index (χ1n) is 5.46. The van der Waals surface area contributed by atoms with E-state index in [1.807, 2.05) is 19.9 Å². The lowest BCUT2D eigenvalue weighted by molar-refractivity contribution is -0.145. The quantitative estimate of drug-likeness (QED) is 0.823. The van der Waals surface area contributed by atoms with Crippen molar-refractivity contribution >= 4 is 11.9 Å². The molecule has 1 aromatic rings. The van der Waals surface area contributed by atoms with Crippen molar-refractivity contribution in [3.8, 4) is 0 Å². The molecule has 0 aliphatic carbocycles. The van der Waals surface area contributed by atoms with Crippen LogP contribution in [0.2, 0.25) is 0 Å². The maximum Gasteiger partial charge on any atom is 0.311 e. The van der Waals surface area contributed by atoms with Gasteiger partial charge in [0, 0.05) is 0 Å². The zero-order chi connectivity index (χ0) is 13.0. The molecule has 1 unspecified atom stereocenters. The molecule has 0 saturated carbocycles. The average molecular weight is 236 g/mol. The SMILES string of the molecule is CC(C)c1cccc(C(CC(=O)O)C(=O)O)c1. The molecule has 0 spiro atoms. The minimum absolute atomic E-state index is 0.286. The molecule has 0 aliphatic rings. The van der Waals surface area contributed by atoms with E-state index in [1.54, 1.807) is 18.2 Å². The third-order valence-corrected chi connectivity index (χ3v) is 2.66. The Balaban J connectivity index is 3.05. The van der Waals surface area contributed by atoms with E-state index >= 15 is 0 Å². The highest BCUT2D eigenvalue weighted by molar-refractivity contribution is 5.82. The largest absolute Gasteiger partial charge is 0.481 e. The van der Waals surface area contributed by atoms with Crippen molar-refractivity contribution in [2.75, 3.05) is 0 Å². The molecule has 2 N–H and O–H groups in total. The Morgan fingerprint density at radius 3 is 2.24 bits per heavy atom. The van der Waals surface area contributed by atoms with E-state index < -0.39 is 24.3 Å². The van der Waals surface area contributed by atoms with E-state index in [1.165, 1.54) is 0 Å². The zero-order valence-electron chi connectivity index (χ0n) is 9.88. The predicted molar refractivity (Wildman–Crippen MR) is 63.2 cm³/mol. The van der Waals surface area contributed by atoms with Crippen LogP contribution in [-0.2, 0) is 9.59 Å². The van der Waals surface area contributed by atoms with Crippen molar-refractivity contribution in [3.05, 3.63) is 35.4 Å². The molecule has 4 heteroatoms. The fraction of sp³-hybridized carbons (Fsp3) is 0.385. The van der Waals surface area contributed by atoms with Gasteiger partial charge in [0.25, 0.3) is 0 Å². The topological polar surface area (TPSA) is 74.6 Å². The van der Waals surface area contributed by atoms with Crippen molar-refractivity contribution in [3.63, 3.8) is 0 Å². The van der Waals surface area contributed by atoms with Crippen LogP contribution in [0.1, 0.15) is 43.2 Å². The lowest BCUT2D eigenvalue weighted by Gasteiger charge is -2.13. The fourth-order valence-corrected chi connectivity index (χ4v) is 1.66. The monoisotopic (exact) mass is 236 g/mol. The number of hydrogen-bond donors (Lipinski definition) is 2.